The fraction of sp³-hybridized carbons (Fsp3) is 0.571. The van der Waals surface area contributed by atoms with Crippen molar-refractivity contribution in [1.29, 1.82) is 0 Å². The minimum Gasteiger partial charge on any atom is -0.207 e. The Morgan fingerprint density at radius 1 is 1.48 bits per heavy atom. The first-order valence-corrected chi connectivity index (χ1v) is 9.71. The van der Waals surface area contributed by atoms with Gasteiger partial charge in [0.2, 0.25) is 10.0 Å². The van der Waals surface area contributed by atoms with Crippen LogP contribution in [0, 0.1) is 11.7 Å². The first-order chi connectivity index (χ1) is 9.90. The van der Waals surface area contributed by atoms with Gasteiger partial charge in [0.1, 0.15) is 10.7 Å². The summed E-state index contributed by atoms with van der Waals surface area (Å²) in [5, 5.41) is 0. The average Bonchev–Trinajstić information content (AvgIpc) is 2.49. The lowest BCUT2D eigenvalue weighted by atomic mass is 9.97. The topological polar surface area (TPSA) is 37.4 Å². The summed E-state index contributed by atoms with van der Waals surface area (Å²) in [6, 6.07) is 2.82. The van der Waals surface area contributed by atoms with Gasteiger partial charge in [-0.05, 0) is 30.9 Å². The maximum atomic E-state index is 14.4. The molecule has 0 radical (unpaired) electrons. The molecule has 1 heterocycles. The molecule has 0 aromatic heterocycles. The second-order valence-corrected chi connectivity index (χ2v) is 8.38. The van der Waals surface area contributed by atoms with Crippen LogP contribution >= 0.6 is 27.5 Å². The Kier molecular flexibility index (Phi) is 5.68. The Morgan fingerprint density at radius 2 is 2.19 bits per heavy atom. The molecule has 1 aliphatic rings. The van der Waals surface area contributed by atoms with Crippen LogP contribution in [0.25, 0.3) is 0 Å². The van der Waals surface area contributed by atoms with Gasteiger partial charge in [-0.3, -0.25) is 0 Å². The Labute approximate surface area is 138 Å². The highest BCUT2D eigenvalue weighted by atomic mass is 79.9. The number of benzene rings is 1. The van der Waals surface area contributed by atoms with Gasteiger partial charge in [-0.1, -0.05) is 29.3 Å². The molecule has 21 heavy (non-hydrogen) atoms. The number of halogens is 3. The molecule has 1 aromatic rings. The summed E-state index contributed by atoms with van der Waals surface area (Å²) in [5.41, 5.74) is 0.189. The molecular formula is C14H18BrClFNO2S. The number of alkyl halides is 1. The van der Waals surface area contributed by atoms with Gasteiger partial charge < -0.3 is 0 Å². The third-order valence-corrected chi connectivity index (χ3v) is 6.51. The van der Waals surface area contributed by atoms with Crippen LogP contribution < -0.4 is 0 Å². The second-order valence-electron chi connectivity index (χ2n) is 5.29. The van der Waals surface area contributed by atoms with E-state index in [1.54, 1.807) is 0 Å². The molecule has 0 N–H and O–H groups in total. The summed E-state index contributed by atoms with van der Waals surface area (Å²) in [6.45, 7) is 2.95. The fourth-order valence-corrected chi connectivity index (χ4v) is 5.16. The first kappa shape index (κ1) is 17.2. The van der Waals surface area contributed by atoms with Crippen molar-refractivity contribution in [3.8, 4) is 0 Å². The lowest BCUT2D eigenvalue weighted by molar-refractivity contribution is 0.261. The highest BCUT2D eigenvalue weighted by Gasteiger charge is 2.32. The van der Waals surface area contributed by atoms with Crippen molar-refractivity contribution in [2.24, 2.45) is 5.92 Å². The van der Waals surface area contributed by atoms with Crippen LogP contribution in [0.2, 0.25) is 0 Å². The number of nitrogens with zero attached hydrogens (tertiary/aromatic N) is 1. The number of hydrogen-bond donors (Lipinski definition) is 0. The van der Waals surface area contributed by atoms with E-state index in [2.05, 4.69) is 15.9 Å². The predicted molar refractivity (Wildman–Crippen MR) is 85.4 cm³/mol. The minimum atomic E-state index is -3.82. The van der Waals surface area contributed by atoms with Crippen molar-refractivity contribution in [2.75, 3.05) is 13.1 Å². The minimum absolute atomic E-state index is 0.0641. The third kappa shape index (κ3) is 3.60. The average molecular weight is 399 g/mol. The number of rotatable bonds is 4. The molecule has 1 aliphatic heterocycles. The van der Waals surface area contributed by atoms with Crippen LogP contribution in [0.5, 0.6) is 0 Å². The molecule has 0 spiro atoms. The molecule has 0 amide bonds. The van der Waals surface area contributed by atoms with Crippen LogP contribution in [-0.2, 0) is 15.9 Å². The smallest absolute Gasteiger partial charge is 0.207 e. The molecule has 7 heteroatoms. The highest BCUT2D eigenvalue weighted by Crippen LogP contribution is 2.30. The third-order valence-electron chi connectivity index (χ3n) is 3.90. The van der Waals surface area contributed by atoms with E-state index >= 15 is 0 Å². The van der Waals surface area contributed by atoms with Gasteiger partial charge in [0.15, 0.2) is 0 Å². The van der Waals surface area contributed by atoms with E-state index in [9.17, 15) is 12.8 Å². The summed E-state index contributed by atoms with van der Waals surface area (Å²) in [6.07, 6.45) is 2.77. The Morgan fingerprint density at radius 3 is 2.81 bits per heavy atom. The molecule has 1 saturated heterocycles. The predicted octanol–water partition coefficient (Wildman–Crippen LogP) is 4.14. The molecule has 1 atom stereocenters. The van der Waals surface area contributed by atoms with Gasteiger partial charge in [0.25, 0.3) is 0 Å². The van der Waals surface area contributed by atoms with Gasteiger partial charge in [0, 0.05) is 23.1 Å². The zero-order valence-electron chi connectivity index (χ0n) is 11.8. The van der Waals surface area contributed by atoms with Crippen molar-refractivity contribution in [2.45, 2.75) is 37.0 Å². The monoisotopic (exact) mass is 397 g/mol. The van der Waals surface area contributed by atoms with E-state index in [-0.39, 0.29) is 16.3 Å². The van der Waals surface area contributed by atoms with Gasteiger partial charge in [-0.15, -0.1) is 11.6 Å². The molecule has 1 fully saturated rings. The van der Waals surface area contributed by atoms with Crippen molar-refractivity contribution >= 4 is 37.6 Å². The largest absolute Gasteiger partial charge is 0.246 e. The molecule has 1 unspecified atom stereocenters. The second kappa shape index (κ2) is 6.94. The zero-order valence-corrected chi connectivity index (χ0v) is 14.9. The number of sulfonamides is 1. The quantitative estimate of drug-likeness (QED) is 0.715. The molecule has 0 bridgehead atoms. The van der Waals surface area contributed by atoms with Crippen LogP contribution in [0.15, 0.2) is 21.5 Å². The number of piperidine rings is 1. The Balaban J connectivity index is 2.42. The summed E-state index contributed by atoms with van der Waals surface area (Å²) < 4.78 is 41.7. The van der Waals surface area contributed by atoms with Crippen molar-refractivity contribution in [1.82, 2.24) is 4.31 Å². The van der Waals surface area contributed by atoms with Crippen LogP contribution in [0.4, 0.5) is 4.39 Å². The van der Waals surface area contributed by atoms with E-state index in [0.717, 1.165) is 19.3 Å². The van der Waals surface area contributed by atoms with E-state index in [0.29, 0.717) is 23.5 Å². The first-order valence-electron chi connectivity index (χ1n) is 6.94. The lowest BCUT2D eigenvalue weighted by Crippen LogP contribution is -2.40. The molecule has 118 valence electrons. The van der Waals surface area contributed by atoms with Gasteiger partial charge >= 0.3 is 0 Å². The van der Waals surface area contributed by atoms with Gasteiger partial charge in [-0.25, -0.2) is 12.8 Å². The molecule has 2 rings (SSSR count). The normalized spacial score (nSPS) is 20.7. The summed E-state index contributed by atoms with van der Waals surface area (Å²) >= 11 is 8.91. The standard InChI is InChI=1S/C14H18BrClFNO2S/c1-2-10-4-3-5-18(9-10)21(19,20)13-7-12(15)6-11(8-16)14(13)17/h6-7,10H,2-5,8-9H2,1H3. The van der Waals surface area contributed by atoms with Crippen molar-refractivity contribution < 1.29 is 12.8 Å². The maximum Gasteiger partial charge on any atom is 0.246 e. The Bertz CT molecular complexity index is 624. The zero-order chi connectivity index (χ0) is 15.6. The maximum absolute atomic E-state index is 14.4. The van der Waals surface area contributed by atoms with E-state index < -0.39 is 15.8 Å². The summed E-state index contributed by atoms with van der Waals surface area (Å²) in [4.78, 5) is -0.288. The van der Waals surface area contributed by atoms with Crippen LogP contribution in [-0.4, -0.2) is 25.8 Å². The van der Waals surface area contributed by atoms with Crippen LogP contribution in [0.3, 0.4) is 0 Å². The number of hydrogen-bond acceptors (Lipinski definition) is 2. The van der Waals surface area contributed by atoms with Crippen molar-refractivity contribution in [3.63, 3.8) is 0 Å². The van der Waals surface area contributed by atoms with Crippen LogP contribution in [0.1, 0.15) is 31.7 Å². The highest BCUT2D eigenvalue weighted by molar-refractivity contribution is 9.10. The molecule has 0 aliphatic carbocycles. The van der Waals surface area contributed by atoms with E-state index in [1.165, 1.54) is 16.4 Å². The molecular weight excluding hydrogens is 381 g/mol. The summed E-state index contributed by atoms with van der Waals surface area (Å²) in [5.74, 6) is -0.464. The lowest BCUT2D eigenvalue weighted by Gasteiger charge is -2.31. The molecule has 3 nitrogen and oxygen atoms in total. The molecule has 0 saturated carbocycles. The van der Waals surface area contributed by atoms with Gasteiger partial charge in [0.05, 0.1) is 5.88 Å². The fourth-order valence-electron chi connectivity index (χ4n) is 2.62. The summed E-state index contributed by atoms with van der Waals surface area (Å²) in [7, 11) is -3.82. The SMILES string of the molecule is CCC1CCCN(S(=O)(=O)c2cc(Br)cc(CCl)c2F)C1. The Hall–Kier alpha value is -0.170. The van der Waals surface area contributed by atoms with E-state index in [4.69, 9.17) is 11.6 Å². The van der Waals surface area contributed by atoms with E-state index in [1.807, 2.05) is 6.92 Å². The molecule has 1 aromatic carbocycles. The van der Waals surface area contributed by atoms with Gasteiger partial charge in [-0.2, -0.15) is 4.31 Å². The van der Waals surface area contributed by atoms with Crippen molar-refractivity contribution in [3.05, 3.63) is 28.0 Å².